The number of aromatic nitrogens is 1. The quantitative estimate of drug-likeness (QED) is 0.836. The van der Waals surface area contributed by atoms with Crippen LogP contribution in [0.4, 0.5) is 6.01 Å². The monoisotopic (exact) mass is 294 g/mol. The summed E-state index contributed by atoms with van der Waals surface area (Å²) in [5, 5.41) is 3.40. The van der Waals surface area contributed by atoms with Crippen LogP contribution in [0.3, 0.4) is 0 Å². The summed E-state index contributed by atoms with van der Waals surface area (Å²) in [7, 11) is 2.10. The maximum Gasteiger partial charge on any atom is 0.297 e. The maximum absolute atomic E-state index is 5.65. The molecule has 1 aliphatic heterocycles. The van der Waals surface area contributed by atoms with Crippen molar-refractivity contribution in [1.29, 1.82) is 0 Å². The van der Waals surface area contributed by atoms with Crippen molar-refractivity contribution in [1.82, 2.24) is 15.2 Å². The van der Waals surface area contributed by atoms with Crippen LogP contribution in [0.15, 0.2) is 10.7 Å². The average Bonchev–Trinajstić information content (AvgIpc) is 2.95. The van der Waals surface area contributed by atoms with Crippen LogP contribution in [0.5, 0.6) is 0 Å². The predicted octanol–water partition coefficient (Wildman–Crippen LogP) is 2.34. The third-order valence-electron chi connectivity index (χ3n) is 4.25. The van der Waals surface area contributed by atoms with Crippen LogP contribution in [0.2, 0.25) is 0 Å². The van der Waals surface area contributed by atoms with Gasteiger partial charge in [-0.15, -0.1) is 0 Å². The summed E-state index contributed by atoms with van der Waals surface area (Å²) in [6, 6.07) is 1.30. The van der Waals surface area contributed by atoms with Gasteiger partial charge in [-0.1, -0.05) is 20.8 Å². The maximum atomic E-state index is 5.65. The molecule has 0 atom stereocenters. The third-order valence-corrected chi connectivity index (χ3v) is 4.25. The van der Waals surface area contributed by atoms with Crippen LogP contribution < -0.4 is 10.2 Å². The minimum atomic E-state index is 0.544. The second-order valence-corrected chi connectivity index (χ2v) is 6.42. The van der Waals surface area contributed by atoms with Crippen molar-refractivity contribution in [3.8, 4) is 0 Å². The molecule has 0 aliphatic carbocycles. The number of nitrogens with zero attached hydrogens (tertiary/aromatic N) is 3. The largest absolute Gasteiger partial charge is 0.432 e. The van der Waals surface area contributed by atoms with E-state index in [4.69, 9.17) is 4.42 Å². The highest BCUT2D eigenvalue weighted by Crippen LogP contribution is 2.21. The van der Waals surface area contributed by atoms with Gasteiger partial charge in [0.05, 0.1) is 5.69 Å². The Bertz CT molecular complexity index is 410. The standard InChI is InChI=1S/C16H30N4O/c1-5-20-8-6-15(7-9-20)19(4)16-18-14(12-21-16)11-17-10-13(2)3/h12-13,15,17H,5-11H2,1-4H3. The first kappa shape index (κ1) is 16.3. The van der Waals surface area contributed by atoms with Gasteiger partial charge >= 0.3 is 0 Å². The molecule has 5 heteroatoms. The molecule has 1 fully saturated rings. The highest BCUT2D eigenvalue weighted by atomic mass is 16.4. The van der Waals surface area contributed by atoms with E-state index in [9.17, 15) is 0 Å². The molecule has 1 aromatic rings. The number of nitrogens with one attached hydrogen (secondary N) is 1. The van der Waals surface area contributed by atoms with Gasteiger partial charge in [0.2, 0.25) is 0 Å². The number of likely N-dealkylation sites (tertiary alicyclic amines) is 1. The molecule has 21 heavy (non-hydrogen) atoms. The fraction of sp³-hybridized carbons (Fsp3) is 0.812. The molecule has 0 bridgehead atoms. The Morgan fingerprint density at radius 1 is 1.43 bits per heavy atom. The van der Waals surface area contributed by atoms with Crippen molar-refractivity contribution in [3.05, 3.63) is 12.0 Å². The lowest BCUT2D eigenvalue weighted by Crippen LogP contribution is -2.43. The van der Waals surface area contributed by atoms with Crippen LogP contribution >= 0.6 is 0 Å². The predicted molar refractivity (Wildman–Crippen MR) is 86.6 cm³/mol. The first-order valence-corrected chi connectivity index (χ1v) is 8.20. The lowest BCUT2D eigenvalue weighted by Gasteiger charge is -2.35. The Kier molecular flexibility index (Phi) is 6.06. The van der Waals surface area contributed by atoms with E-state index in [1.54, 1.807) is 6.26 Å². The van der Waals surface area contributed by atoms with Gasteiger partial charge in [0.1, 0.15) is 6.26 Å². The Morgan fingerprint density at radius 3 is 2.76 bits per heavy atom. The molecule has 120 valence electrons. The van der Waals surface area contributed by atoms with Gasteiger partial charge < -0.3 is 19.5 Å². The van der Waals surface area contributed by atoms with Gasteiger partial charge in [0, 0.05) is 32.7 Å². The average molecular weight is 294 g/mol. The Labute approximate surface area is 128 Å². The molecule has 0 radical (unpaired) electrons. The molecule has 1 N–H and O–H groups in total. The SMILES string of the molecule is CCN1CCC(N(C)c2nc(CNCC(C)C)co2)CC1. The summed E-state index contributed by atoms with van der Waals surface area (Å²) in [5.41, 5.74) is 0.989. The molecule has 0 amide bonds. The molecular formula is C16H30N4O. The fourth-order valence-corrected chi connectivity index (χ4v) is 2.81. The first-order chi connectivity index (χ1) is 10.1. The zero-order chi connectivity index (χ0) is 15.2. The van der Waals surface area contributed by atoms with E-state index >= 15 is 0 Å². The molecule has 0 unspecified atom stereocenters. The smallest absolute Gasteiger partial charge is 0.297 e. The number of hydrogen-bond acceptors (Lipinski definition) is 5. The second kappa shape index (κ2) is 7.80. The van der Waals surface area contributed by atoms with Crippen molar-refractivity contribution in [3.63, 3.8) is 0 Å². The normalized spacial score (nSPS) is 17.6. The first-order valence-electron chi connectivity index (χ1n) is 8.20. The molecule has 1 aromatic heterocycles. The fourth-order valence-electron chi connectivity index (χ4n) is 2.81. The highest BCUT2D eigenvalue weighted by molar-refractivity contribution is 5.27. The third kappa shape index (κ3) is 4.71. The summed E-state index contributed by atoms with van der Waals surface area (Å²) in [6.07, 6.45) is 4.15. The molecule has 5 nitrogen and oxygen atoms in total. The van der Waals surface area contributed by atoms with E-state index in [1.165, 1.54) is 25.9 Å². The van der Waals surface area contributed by atoms with Crippen molar-refractivity contribution >= 4 is 6.01 Å². The van der Waals surface area contributed by atoms with Crippen molar-refractivity contribution in [2.75, 3.05) is 38.1 Å². The van der Waals surface area contributed by atoms with Crippen LogP contribution in [-0.2, 0) is 6.54 Å². The van der Waals surface area contributed by atoms with E-state index in [-0.39, 0.29) is 0 Å². The Hall–Kier alpha value is -1.07. The summed E-state index contributed by atoms with van der Waals surface area (Å²) < 4.78 is 5.65. The van der Waals surface area contributed by atoms with E-state index in [1.807, 2.05) is 0 Å². The van der Waals surface area contributed by atoms with Crippen LogP contribution in [0.1, 0.15) is 39.3 Å². The summed E-state index contributed by atoms with van der Waals surface area (Å²) in [5.74, 6) is 0.655. The molecule has 1 aliphatic rings. The number of piperidine rings is 1. The second-order valence-electron chi connectivity index (χ2n) is 6.42. The van der Waals surface area contributed by atoms with Gasteiger partial charge in [-0.2, -0.15) is 4.98 Å². The molecule has 0 saturated carbocycles. The van der Waals surface area contributed by atoms with Crippen molar-refractivity contribution < 1.29 is 4.42 Å². The minimum Gasteiger partial charge on any atom is -0.432 e. The molecule has 1 saturated heterocycles. The van der Waals surface area contributed by atoms with Crippen LogP contribution in [-0.4, -0.2) is 49.2 Å². The molecular weight excluding hydrogens is 264 g/mol. The summed E-state index contributed by atoms with van der Waals surface area (Å²) in [4.78, 5) is 9.31. The van der Waals surface area contributed by atoms with E-state index in [2.05, 4.69) is 47.9 Å². The van der Waals surface area contributed by atoms with E-state index in [0.717, 1.165) is 31.3 Å². The summed E-state index contributed by atoms with van der Waals surface area (Å²) in [6.45, 7) is 11.9. The van der Waals surface area contributed by atoms with Crippen LogP contribution in [0, 0.1) is 5.92 Å². The molecule has 0 aromatic carbocycles. The van der Waals surface area contributed by atoms with E-state index in [0.29, 0.717) is 12.0 Å². The number of rotatable bonds is 7. The zero-order valence-corrected chi connectivity index (χ0v) is 13.9. The Morgan fingerprint density at radius 2 is 2.14 bits per heavy atom. The van der Waals surface area contributed by atoms with Gasteiger partial charge in [0.15, 0.2) is 0 Å². The minimum absolute atomic E-state index is 0.544. The number of anilines is 1. The topological polar surface area (TPSA) is 44.5 Å². The van der Waals surface area contributed by atoms with Gasteiger partial charge in [-0.3, -0.25) is 0 Å². The van der Waals surface area contributed by atoms with Gasteiger partial charge in [0.25, 0.3) is 6.01 Å². The van der Waals surface area contributed by atoms with Gasteiger partial charge in [-0.25, -0.2) is 0 Å². The lowest BCUT2D eigenvalue weighted by molar-refractivity contribution is 0.218. The number of oxazole rings is 1. The Balaban J connectivity index is 1.83. The zero-order valence-electron chi connectivity index (χ0n) is 13.9. The summed E-state index contributed by atoms with van der Waals surface area (Å²) >= 11 is 0. The molecule has 2 heterocycles. The van der Waals surface area contributed by atoms with Crippen molar-refractivity contribution in [2.45, 2.75) is 46.2 Å². The lowest BCUT2D eigenvalue weighted by atomic mass is 10.0. The molecule has 0 spiro atoms. The van der Waals surface area contributed by atoms with Crippen LogP contribution in [0.25, 0.3) is 0 Å². The van der Waals surface area contributed by atoms with Crippen molar-refractivity contribution in [2.24, 2.45) is 5.92 Å². The highest BCUT2D eigenvalue weighted by Gasteiger charge is 2.24. The van der Waals surface area contributed by atoms with E-state index < -0.39 is 0 Å². The van der Waals surface area contributed by atoms with Gasteiger partial charge in [-0.05, 0) is 31.8 Å². The molecule has 2 rings (SSSR count). The number of hydrogen-bond donors (Lipinski definition) is 1.